The highest BCUT2D eigenvalue weighted by Crippen LogP contribution is 2.43. The van der Waals surface area contributed by atoms with E-state index in [0.717, 1.165) is 31.4 Å². The molecule has 2 rings (SSSR count). The van der Waals surface area contributed by atoms with Crippen LogP contribution in [-0.4, -0.2) is 16.7 Å². The van der Waals surface area contributed by atoms with Gasteiger partial charge in [-0.15, -0.1) is 11.3 Å². The van der Waals surface area contributed by atoms with Gasteiger partial charge >= 0.3 is 0 Å². The molecule has 0 atom stereocenters. The van der Waals surface area contributed by atoms with E-state index in [0.29, 0.717) is 0 Å². The van der Waals surface area contributed by atoms with Crippen molar-refractivity contribution in [2.45, 2.75) is 44.4 Å². The highest BCUT2D eigenvalue weighted by atomic mass is 32.1. The zero-order chi connectivity index (χ0) is 10.0. The Labute approximate surface area is 89.0 Å². The third-order valence-electron chi connectivity index (χ3n) is 3.17. The minimum Gasteiger partial charge on any atom is -0.395 e. The number of aliphatic hydroxyl groups is 1. The second kappa shape index (κ2) is 3.99. The third-order valence-corrected chi connectivity index (χ3v) is 4.08. The maximum absolute atomic E-state index is 9.39. The van der Waals surface area contributed by atoms with Crippen molar-refractivity contribution in [1.29, 1.82) is 0 Å². The van der Waals surface area contributed by atoms with Crippen LogP contribution in [0.2, 0.25) is 0 Å². The topological polar surface area (TPSA) is 33.1 Å². The molecule has 0 amide bonds. The molecule has 14 heavy (non-hydrogen) atoms. The average Bonchev–Trinajstić information content (AvgIpc) is 2.54. The largest absolute Gasteiger partial charge is 0.395 e. The molecule has 1 N–H and O–H groups in total. The van der Waals surface area contributed by atoms with Crippen LogP contribution < -0.4 is 0 Å². The minimum atomic E-state index is 0.0302. The first-order chi connectivity index (χ1) is 6.80. The molecule has 1 aromatic heterocycles. The molecule has 1 fully saturated rings. The number of nitrogens with zero attached hydrogens (tertiary/aromatic N) is 1. The van der Waals surface area contributed by atoms with Crippen molar-refractivity contribution < 1.29 is 5.11 Å². The van der Waals surface area contributed by atoms with Gasteiger partial charge < -0.3 is 5.11 Å². The van der Waals surface area contributed by atoms with Crippen LogP contribution in [-0.2, 0) is 11.8 Å². The highest BCUT2D eigenvalue weighted by Gasteiger charge is 2.39. The Bertz CT molecular complexity index is 298. The molecule has 0 aromatic carbocycles. The first-order valence-electron chi connectivity index (χ1n) is 5.36. The van der Waals surface area contributed by atoms with Gasteiger partial charge in [-0.25, -0.2) is 4.98 Å². The third kappa shape index (κ3) is 1.59. The predicted molar refractivity (Wildman–Crippen MR) is 58.7 cm³/mol. The number of thiazole rings is 1. The minimum absolute atomic E-state index is 0.0302. The second-order valence-electron chi connectivity index (χ2n) is 4.17. The van der Waals surface area contributed by atoms with Crippen molar-refractivity contribution in [3.63, 3.8) is 0 Å². The molecular weight excluding hydrogens is 194 g/mol. The summed E-state index contributed by atoms with van der Waals surface area (Å²) in [4.78, 5) is 4.62. The van der Waals surface area contributed by atoms with E-state index in [1.54, 1.807) is 11.3 Å². The predicted octanol–water partition coefficient (Wildman–Crippen LogP) is 2.51. The van der Waals surface area contributed by atoms with Crippen LogP contribution >= 0.6 is 11.3 Å². The summed E-state index contributed by atoms with van der Waals surface area (Å²) in [6, 6.07) is 0. The zero-order valence-corrected chi connectivity index (χ0v) is 9.44. The monoisotopic (exact) mass is 211 g/mol. The van der Waals surface area contributed by atoms with Crippen LogP contribution in [0.5, 0.6) is 0 Å². The first kappa shape index (κ1) is 10.1. The second-order valence-corrected chi connectivity index (χ2v) is 5.11. The summed E-state index contributed by atoms with van der Waals surface area (Å²) in [5.74, 6) is 0. The molecule has 2 nitrogen and oxygen atoms in total. The number of rotatable bonds is 4. The molecule has 1 aromatic rings. The molecule has 1 aliphatic rings. The van der Waals surface area contributed by atoms with Gasteiger partial charge in [-0.2, -0.15) is 0 Å². The average molecular weight is 211 g/mol. The number of aryl methyl sites for hydroxylation is 1. The summed E-state index contributed by atoms with van der Waals surface area (Å²) in [6.45, 7) is 2.44. The van der Waals surface area contributed by atoms with E-state index in [9.17, 15) is 5.11 Å². The Hall–Kier alpha value is -0.410. The molecule has 78 valence electrons. The Morgan fingerprint density at radius 1 is 1.57 bits per heavy atom. The van der Waals surface area contributed by atoms with Gasteiger partial charge in [0.2, 0.25) is 0 Å². The molecule has 0 bridgehead atoms. The summed E-state index contributed by atoms with van der Waals surface area (Å²) in [7, 11) is 0. The summed E-state index contributed by atoms with van der Waals surface area (Å²) in [6.07, 6.45) is 5.68. The smallest absolute Gasteiger partial charge is 0.0928 e. The van der Waals surface area contributed by atoms with Crippen molar-refractivity contribution in [1.82, 2.24) is 4.98 Å². The Balaban J connectivity index is 2.15. The number of aromatic nitrogens is 1. The van der Waals surface area contributed by atoms with Gasteiger partial charge in [-0.05, 0) is 25.7 Å². The molecule has 1 saturated carbocycles. The summed E-state index contributed by atoms with van der Waals surface area (Å²) in [5.41, 5.74) is 1.17. The Morgan fingerprint density at radius 3 is 2.86 bits per heavy atom. The van der Waals surface area contributed by atoms with E-state index in [4.69, 9.17) is 0 Å². The summed E-state index contributed by atoms with van der Waals surface area (Å²) in [5, 5.41) is 12.8. The summed E-state index contributed by atoms with van der Waals surface area (Å²) >= 11 is 1.74. The standard InChI is InChI=1S/C11H17NOS/c1-2-4-10-12-9(7-14-10)11(8-13)5-3-6-11/h7,13H,2-6,8H2,1H3. The first-order valence-corrected chi connectivity index (χ1v) is 6.24. The van der Waals surface area contributed by atoms with Crippen molar-refractivity contribution >= 4 is 11.3 Å². The lowest BCUT2D eigenvalue weighted by molar-refractivity contribution is 0.117. The van der Waals surface area contributed by atoms with E-state index in [2.05, 4.69) is 17.3 Å². The van der Waals surface area contributed by atoms with Crippen molar-refractivity contribution in [3.8, 4) is 0 Å². The Morgan fingerprint density at radius 2 is 2.36 bits per heavy atom. The van der Waals surface area contributed by atoms with Crippen LogP contribution in [0.1, 0.15) is 43.3 Å². The molecule has 0 unspecified atom stereocenters. The van der Waals surface area contributed by atoms with Gasteiger partial charge in [0.25, 0.3) is 0 Å². The quantitative estimate of drug-likeness (QED) is 0.830. The lowest BCUT2D eigenvalue weighted by Gasteiger charge is -2.38. The van der Waals surface area contributed by atoms with Crippen molar-refractivity contribution in [3.05, 3.63) is 16.1 Å². The molecular formula is C11H17NOS. The molecule has 3 heteroatoms. The number of hydrogen-bond donors (Lipinski definition) is 1. The van der Waals surface area contributed by atoms with E-state index >= 15 is 0 Å². The fourth-order valence-electron chi connectivity index (χ4n) is 1.98. The highest BCUT2D eigenvalue weighted by molar-refractivity contribution is 7.09. The summed E-state index contributed by atoms with van der Waals surface area (Å²) < 4.78 is 0. The molecule has 0 radical (unpaired) electrons. The fraction of sp³-hybridized carbons (Fsp3) is 0.727. The van der Waals surface area contributed by atoms with E-state index in [1.165, 1.54) is 11.4 Å². The molecule has 0 spiro atoms. The molecule has 0 saturated heterocycles. The molecule has 1 heterocycles. The van der Waals surface area contributed by atoms with Crippen LogP contribution in [0, 0.1) is 0 Å². The lowest BCUT2D eigenvalue weighted by atomic mass is 9.67. The number of aliphatic hydroxyl groups excluding tert-OH is 1. The lowest BCUT2D eigenvalue weighted by Crippen LogP contribution is -2.38. The van der Waals surface area contributed by atoms with E-state index < -0.39 is 0 Å². The van der Waals surface area contributed by atoms with Crippen molar-refractivity contribution in [2.24, 2.45) is 0 Å². The normalized spacial score (nSPS) is 19.3. The molecule has 1 aliphatic carbocycles. The van der Waals surface area contributed by atoms with Gasteiger partial charge in [0, 0.05) is 10.8 Å². The van der Waals surface area contributed by atoms with Crippen LogP contribution in [0.15, 0.2) is 5.38 Å². The fourth-order valence-corrected chi connectivity index (χ4v) is 3.01. The Kier molecular flexibility index (Phi) is 2.88. The SMILES string of the molecule is CCCc1nc(C2(CO)CCC2)cs1. The van der Waals surface area contributed by atoms with Crippen LogP contribution in [0.3, 0.4) is 0 Å². The van der Waals surface area contributed by atoms with Gasteiger partial charge in [0.15, 0.2) is 0 Å². The van der Waals surface area contributed by atoms with Gasteiger partial charge in [0.05, 0.1) is 17.3 Å². The number of hydrogen-bond acceptors (Lipinski definition) is 3. The van der Waals surface area contributed by atoms with Crippen molar-refractivity contribution in [2.75, 3.05) is 6.61 Å². The molecule has 0 aliphatic heterocycles. The van der Waals surface area contributed by atoms with Gasteiger partial charge in [-0.1, -0.05) is 13.3 Å². The maximum Gasteiger partial charge on any atom is 0.0928 e. The van der Waals surface area contributed by atoms with Gasteiger partial charge in [-0.3, -0.25) is 0 Å². The van der Waals surface area contributed by atoms with Gasteiger partial charge in [0.1, 0.15) is 0 Å². The maximum atomic E-state index is 9.39. The zero-order valence-electron chi connectivity index (χ0n) is 8.62. The van der Waals surface area contributed by atoms with E-state index in [1.807, 2.05) is 0 Å². The van der Waals surface area contributed by atoms with Crippen LogP contribution in [0.25, 0.3) is 0 Å². The van der Waals surface area contributed by atoms with Crippen LogP contribution in [0.4, 0.5) is 0 Å². The van der Waals surface area contributed by atoms with E-state index in [-0.39, 0.29) is 12.0 Å².